The third kappa shape index (κ3) is 2.86. The fourth-order valence-electron chi connectivity index (χ4n) is 3.32. The second-order valence-electron chi connectivity index (χ2n) is 5.87. The minimum atomic E-state index is -0.286. The number of likely N-dealkylation sites (N-methyl/N-ethyl adjacent to an activating group) is 1. The predicted molar refractivity (Wildman–Crippen MR) is 71.2 cm³/mol. The van der Waals surface area contributed by atoms with Crippen molar-refractivity contribution in [3.05, 3.63) is 0 Å². The van der Waals surface area contributed by atoms with Crippen LogP contribution in [0.4, 0.5) is 0 Å². The van der Waals surface area contributed by atoms with Gasteiger partial charge in [0.05, 0.1) is 11.5 Å². The molecule has 0 radical (unpaired) electrons. The summed E-state index contributed by atoms with van der Waals surface area (Å²) in [6.07, 6.45) is 7.85. The van der Waals surface area contributed by atoms with Crippen molar-refractivity contribution < 1.29 is 9.53 Å². The molecule has 1 saturated heterocycles. The Morgan fingerprint density at radius 3 is 2.61 bits per heavy atom. The van der Waals surface area contributed by atoms with Crippen LogP contribution in [-0.2, 0) is 9.53 Å². The van der Waals surface area contributed by atoms with Gasteiger partial charge in [-0.3, -0.25) is 4.79 Å². The maximum Gasteiger partial charge on any atom is 0.229 e. The number of hydrogen-bond acceptors (Lipinski definition) is 3. The van der Waals surface area contributed by atoms with Crippen LogP contribution in [0.3, 0.4) is 0 Å². The van der Waals surface area contributed by atoms with Crippen LogP contribution in [0.2, 0.25) is 0 Å². The Morgan fingerprint density at radius 1 is 1.33 bits per heavy atom. The molecule has 2 fully saturated rings. The zero-order chi connectivity index (χ0) is 13.0. The Bertz CT molecular complexity index is 282. The summed E-state index contributed by atoms with van der Waals surface area (Å²) >= 11 is 0. The Morgan fingerprint density at radius 2 is 2.06 bits per heavy atom. The Kier molecular flexibility index (Phi) is 4.62. The molecular formula is C14H26N2O2. The molecule has 0 spiro atoms. The topological polar surface area (TPSA) is 55.6 Å². The molecule has 0 aromatic heterocycles. The van der Waals surface area contributed by atoms with Gasteiger partial charge in [0, 0.05) is 26.7 Å². The van der Waals surface area contributed by atoms with Gasteiger partial charge in [-0.05, 0) is 25.7 Å². The number of ether oxygens (including phenoxy) is 1. The van der Waals surface area contributed by atoms with Crippen LogP contribution in [0, 0.1) is 5.41 Å². The summed E-state index contributed by atoms with van der Waals surface area (Å²) in [5, 5.41) is 0. The third-order valence-electron chi connectivity index (χ3n) is 4.50. The zero-order valence-corrected chi connectivity index (χ0v) is 11.5. The van der Waals surface area contributed by atoms with Crippen LogP contribution in [0.25, 0.3) is 0 Å². The monoisotopic (exact) mass is 254 g/mol. The molecule has 1 aliphatic heterocycles. The van der Waals surface area contributed by atoms with Crippen molar-refractivity contribution in [2.45, 2.75) is 51.0 Å². The number of carbonyl (C=O) groups excluding carboxylic acids is 1. The molecule has 1 heterocycles. The summed E-state index contributed by atoms with van der Waals surface area (Å²) < 4.78 is 5.60. The van der Waals surface area contributed by atoms with Crippen molar-refractivity contribution in [3.8, 4) is 0 Å². The van der Waals surface area contributed by atoms with Gasteiger partial charge in [0.25, 0.3) is 0 Å². The second kappa shape index (κ2) is 6.02. The number of amides is 1. The molecule has 0 aromatic rings. The Labute approximate surface area is 110 Å². The van der Waals surface area contributed by atoms with E-state index in [-0.39, 0.29) is 17.4 Å². The predicted octanol–water partition coefficient (Wildman–Crippen LogP) is 1.53. The average Bonchev–Trinajstić information content (AvgIpc) is 2.91. The lowest BCUT2D eigenvalue weighted by Crippen LogP contribution is -2.49. The fourth-order valence-corrected chi connectivity index (χ4v) is 3.32. The molecule has 1 saturated carbocycles. The highest BCUT2D eigenvalue weighted by atomic mass is 16.5. The lowest BCUT2D eigenvalue weighted by molar-refractivity contribution is -0.143. The number of nitrogens with two attached hydrogens (primary N) is 1. The quantitative estimate of drug-likeness (QED) is 0.828. The minimum Gasteiger partial charge on any atom is -0.376 e. The third-order valence-corrected chi connectivity index (χ3v) is 4.50. The molecule has 0 aromatic carbocycles. The first-order valence-electron chi connectivity index (χ1n) is 7.25. The summed E-state index contributed by atoms with van der Waals surface area (Å²) in [5.74, 6) is 0.236. The Balaban J connectivity index is 1.94. The van der Waals surface area contributed by atoms with Crippen molar-refractivity contribution in [1.29, 1.82) is 0 Å². The van der Waals surface area contributed by atoms with Gasteiger partial charge in [0.15, 0.2) is 0 Å². The van der Waals surface area contributed by atoms with Crippen LogP contribution in [0.5, 0.6) is 0 Å². The number of nitrogens with zero attached hydrogens (tertiary/aromatic N) is 1. The van der Waals surface area contributed by atoms with Crippen molar-refractivity contribution in [3.63, 3.8) is 0 Å². The van der Waals surface area contributed by atoms with E-state index in [4.69, 9.17) is 10.5 Å². The van der Waals surface area contributed by atoms with E-state index in [1.54, 1.807) is 0 Å². The molecule has 4 heteroatoms. The normalized spacial score (nSPS) is 27.1. The summed E-state index contributed by atoms with van der Waals surface area (Å²) in [6.45, 7) is 2.05. The minimum absolute atomic E-state index is 0.234. The highest BCUT2D eigenvalue weighted by molar-refractivity contribution is 5.83. The van der Waals surface area contributed by atoms with Crippen LogP contribution in [-0.4, -0.2) is 43.7 Å². The molecule has 104 valence electrons. The van der Waals surface area contributed by atoms with Gasteiger partial charge in [-0.2, -0.15) is 0 Å². The van der Waals surface area contributed by atoms with Gasteiger partial charge in [-0.15, -0.1) is 0 Å². The summed E-state index contributed by atoms with van der Waals surface area (Å²) in [7, 11) is 1.90. The zero-order valence-electron chi connectivity index (χ0n) is 11.5. The van der Waals surface area contributed by atoms with Crippen LogP contribution >= 0.6 is 0 Å². The first-order valence-corrected chi connectivity index (χ1v) is 7.25. The van der Waals surface area contributed by atoms with Gasteiger partial charge in [0.1, 0.15) is 0 Å². The first-order chi connectivity index (χ1) is 8.68. The van der Waals surface area contributed by atoms with Crippen molar-refractivity contribution in [2.24, 2.45) is 11.1 Å². The number of rotatable bonds is 4. The van der Waals surface area contributed by atoms with E-state index in [9.17, 15) is 4.79 Å². The number of hydrogen-bond donors (Lipinski definition) is 1. The van der Waals surface area contributed by atoms with Crippen molar-refractivity contribution >= 4 is 5.91 Å². The molecule has 1 aliphatic carbocycles. The van der Waals surface area contributed by atoms with E-state index >= 15 is 0 Å². The van der Waals surface area contributed by atoms with E-state index in [2.05, 4.69) is 0 Å². The lowest BCUT2D eigenvalue weighted by Gasteiger charge is -2.38. The Hall–Kier alpha value is -0.610. The highest BCUT2D eigenvalue weighted by Crippen LogP contribution is 2.37. The van der Waals surface area contributed by atoms with E-state index < -0.39 is 0 Å². The van der Waals surface area contributed by atoms with Gasteiger partial charge in [-0.25, -0.2) is 0 Å². The van der Waals surface area contributed by atoms with Crippen LogP contribution in [0.1, 0.15) is 44.9 Å². The first kappa shape index (κ1) is 13.8. The second-order valence-corrected chi connectivity index (χ2v) is 5.87. The van der Waals surface area contributed by atoms with Gasteiger partial charge < -0.3 is 15.4 Å². The largest absolute Gasteiger partial charge is 0.376 e. The van der Waals surface area contributed by atoms with E-state index in [1.165, 1.54) is 6.42 Å². The molecule has 18 heavy (non-hydrogen) atoms. The van der Waals surface area contributed by atoms with Gasteiger partial charge in [-0.1, -0.05) is 19.3 Å². The standard InChI is InChI=1S/C14H26N2O2/c1-16(10-12-6-5-9-18-12)13(17)14(11-15)7-3-2-4-8-14/h12H,2-11,15H2,1H3. The molecule has 1 unspecified atom stereocenters. The maximum atomic E-state index is 12.6. The molecule has 2 N–H and O–H groups in total. The van der Waals surface area contributed by atoms with E-state index in [1.807, 2.05) is 11.9 Å². The van der Waals surface area contributed by atoms with E-state index in [0.717, 1.165) is 51.7 Å². The summed E-state index contributed by atoms with van der Waals surface area (Å²) in [5.41, 5.74) is 5.62. The van der Waals surface area contributed by atoms with Crippen LogP contribution in [0.15, 0.2) is 0 Å². The summed E-state index contributed by atoms with van der Waals surface area (Å²) in [4.78, 5) is 14.5. The van der Waals surface area contributed by atoms with Crippen LogP contribution < -0.4 is 5.73 Å². The smallest absolute Gasteiger partial charge is 0.229 e. The lowest BCUT2D eigenvalue weighted by atomic mass is 9.73. The van der Waals surface area contributed by atoms with E-state index in [0.29, 0.717) is 6.54 Å². The number of carbonyl (C=O) groups is 1. The average molecular weight is 254 g/mol. The maximum absolute atomic E-state index is 12.6. The van der Waals surface area contributed by atoms with Crippen molar-refractivity contribution in [2.75, 3.05) is 26.7 Å². The molecule has 4 nitrogen and oxygen atoms in total. The van der Waals surface area contributed by atoms with Gasteiger partial charge >= 0.3 is 0 Å². The molecule has 0 bridgehead atoms. The highest BCUT2D eigenvalue weighted by Gasteiger charge is 2.40. The molecule has 1 amide bonds. The van der Waals surface area contributed by atoms with Crippen molar-refractivity contribution in [1.82, 2.24) is 4.90 Å². The SMILES string of the molecule is CN(CC1CCCO1)C(=O)C1(CN)CCCCC1. The fraction of sp³-hybridized carbons (Fsp3) is 0.929. The molecule has 2 rings (SSSR count). The molecular weight excluding hydrogens is 228 g/mol. The summed E-state index contributed by atoms with van der Waals surface area (Å²) in [6, 6.07) is 0. The van der Waals surface area contributed by atoms with Gasteiger partial charge in [0.2, 0.25) is 5.91 Å². The molecule has 2 aliphatic rings. The molecule has 1 atom stereocenters.